The van der Waals surface area contributed by atoms with Crippen molar-refractivity contribution in [2.45, 2.75) is 18.9 Å². The molecular weight excluding hydrogens is 286 g/mol. The maximum atomic E-state index is 12.4. The number of fused-ring (bicyclic) bond motifs is 1. The van der Waals surface area contributed by atoms with Gasteiger partial charge in [0.15, 0.2) is 0 Å². The predicted molar refractivity (Wildman–Crippen MR) is 84.7 cm³/mol. The van der Waals surface area contributed by atoms with E-state index in [0.29, 0.717) is 23.3 Å². The zero-order chi connectivity index (χ0) is 14.8. The lowest BCUT2D eigenvalue weighted by molar-refractivity contribution is 0.0945. The largest absolute Gasteiger partial charge is 0.350 e. The fourth-order valence-corrected chi connectivity index (χ4v) is 3.10. The molecule has 1 atom stereocenters. The van der Waals surface area contributed by atoms with Crippen LogP contribution < -0.4 is 5.32 Å². The van der Waals surface area contributed by atoms with Crippen LogP contribution in [0.15, 0.2) is 30.5 Å². The number of rotatable bonds is 3. The van der Waals surface area contributed by atoms with E-state index >= 15 is 0 Å². The van der Waals surface area contributed by atoms with E-state index in [1.165, 1.54) is 6.42 Å². The van der Waals surface area contributed by atoms with E-state index in [-0.39, 0.29) is 5.91 Å². The third-order valence-electron chi connectivity index (χ3n) is 4.16. The number of nitrogens with zero attached hydrogens (tertiary/aromatic N) is 2. The molecule has 1 aromatic carbocycles. The number of halogens is 1. The molecule has 0 saturated carbocycles. The van der Waals surface area contributed by atoms with E-state index in [9.17, 15) is 4.79 Å². The molecule has 1 saturated heterocycles. The van der Waals surface area contributed by atoms with Gasteiger partial charge in [0.2, 0.25) is 0 Å². The predicted octanol–water partition coefficient (Wildman–Crippen LogP) is 2.71. The molecule has 1 unspecified atom stereocenters. The topological polar surface area (TPSA) is 45.2 Å². The van der Waals surface area contributed by atoms with Crippen molar-refractivity contribution in [3.8, 4) is 0 Å². The summed E-state index contributed by atoms with van der Waals surface area (Å²) in [6.07, 6.45) is 3.89. The number of carbonyl (C=O) groups is 1. The monoisotopic (exact) mass is 303 g/mol. The van der Waals surface area contributed by atoms with Gasteiger partial charge in [-0.2, -0.15) is 0 Å². The van der Waals surface area contributed by atoms with Crippen LogP contribution in [-0.4, -0.2) is 42.0 Å². The minimum Gasteiger partial charge on any atom is -0.350 e. The number of benzene rings is 1. The van der Waals surface area contributed by atoms with Gasteiger partial charge in [0.25, 0.3) is 5.91 Å². The minimum atomic E-state index is -0.0873. The highest BCUT2D eigenvalue weighted by Crippen LogP contribution is 2.24. The fraction of sp³-hybridized carbons (Fsp3) is 0.375. The van der Waals surface area contributed by atoms with Crippen LogP contribution in [0.5, 0.6) is 0 Å². The lowest BCUT2D eigenvalue weighted by Crippen LogP contribution is -2.38. The number of likely N-dealkylation sites (N-methyl/N-ethyl adjacent to an activating group) is 1. The number of pyridine rings is 1. The number of amides is 1. The summed E-state index contributed by atoms with van der Waals surface area (Å²) in [6.45, 7) is 1.78. The van der Waals surface area contributed by atoms with E-state index in [4.69, 9.17) is 11.6 Å². The Hall–Kier alpha value is -1.65. The third kappa shape index (κ3) is 2.87. The van der Waals surface area contributed by atoms with E-state index in [0.717, 1.165) is 23.7 Å². The summed E-state index contributed by atoms with van der Waals surface area (Å²) in [6, 6.07) is 8.01. The molecule has 2 aromatic rings. The second-order valence-electron chi connectivity index (χ2n) is 5.49. The van der Waals surface area contributed by atoms with Gasteiger partial charge in [0, 0.05) is 24.2 Å². The average Bonchev–Trinajstić information content (AvgIpc) is 2.91. The van der Waals surface area contributed by atoms with Crippen molar-refractivity contribution in [3.05, 3.63) is 41.2 Å². The minimum absolute atomic E-state index is 0.0873. The number of nitrogens with one attached hydrogen (secondary N) is 1. The Labute approximate surface area is 129 Å². The number of hydrogen-bond donors (Lipinski definition) is 1. The Kier molecular flexibility index (Phi) is 4.08. The van der Waals surface area contributed by atoms with Crippen LogP contribution in [0.1, 0.15) is 23.2 Å². The number of aromatic nitrogens is 1. The molecule has 21 heavy (non-hydrogen) atoms. The molecule has 1 fully saturated rings. The van der Waals surface area contributed by atoms with Crippen LogP contribution in [0.4, 0.5) is 0 Å². The lowest BCUT2D eigenvalue weighted by Gasteiger charge is -2.19. The molecule has 0 bridgehead atoms. The van der Waals surface area contributed by atoms with Crippen LogP contribution in [0.25, 0.3) is 10.8 Å². The molecule has 110 valence electrons. The van der Waals surface area contributed by atoms with E-state index in [1.807, 2.05) is 24.3 Å². The van der Waals surface area contributed by atoms with Crippen LogP contribution >= 0.6 is 11.6 Å². The van der Waals surface area contributed by atoms with Crippen LogP contribution in [-0.2, 0) is 0 Å². The Morgan fingerprint density at radius 1 is 1.43 bits per heavy atom. The van der Waals surface area contributed by atoms with Gasteiger partial charge in [-0.1, -0.05) is 35.9 Å². The molecule has 0 radical (unpaired) electrons. The molecule has 0 spiro atoms. The summed E-state index contributed by atoms with van der Waals surface area (Å²) in [4.78, 5) is 18.8. The molecule has 3 rings (SSSR count). The summed E-state index contributed by atoms with van der Waals surface area (Å²) < 4.78 is 0. The van der Waals surface area contributed by atoms with Crippen molar-refractivity contribution >= 4 is 28.3 Å². The molecule has 1 aromatic heterocycles. The lowest BCUT2D eigenvalue weighted by atomic mass is 10.1. The van der Waals surface area contributed by atoms with Crippen LogP contribution in [0.2, 0.25) is 5.15 Å². The second-order valence-corrected chi connectivity index (χ2v) is 5.85. The van der Waals surface area contributed by atoms with E-state index in [1.54, 1.807) is 6.20 Å². The van der Waals surface area contributed by atoms with Crippen molar-refractivity contribution in [2.75, 3.05) is 20.1 Å². The molecule has 4 nitrogen and oxygen atoms in total. The molecule has 1 amide bonds. The Balaban J connectivity index is 1.80. The first-order chi connectivity index (χ1) is 10.2. The van der Waals surface area contributed by atoms with Gasteiger partial charge in [-0.05, 0) is 31.8 Å². The summed E-state index contributed by atoms with van der Waals surface area (Å²) in [5, 5.41) is 5.10. The quantitative estimate of drug-likeness (QED) is 0.887. The summed E-state index contributed by atoms with van der Waals surface area (Å²) in [5.41, 5.74) is 0.579. The first-order valence-corrected chi connectivity index (χ1v) is 7.56. The highest BCUT2D eigenvalue weighted by Gasteiger charge is 2.22. The molecule has 0 aliphatic carbocycles. The van der Waals surface area contributed by atoms with Gasteiger partial charge in [-0.25, -0.2) is 4.98 Å². The highest BCUT2D eigenvalue weighted by atomic mass is 35.5. The standard InChI is InChI=1S/C16H18ClN3O/c1-20-8-4-5-11(20)9-19-16(21)14-10-18-15(17)13-7-3-2-6-12(13)14/h2-3,6-7,10-11H,4-5,8-9H2,1H3,(H,19,21). The molecule has 5 heteroatoms. The zero-order valence-electron chi connectivity index (χ0n) is 12.0. The van der Waals surface area contributed by atoms with E-state index in [2.05, 4.69) is 22.2 Å². The van der Waals surface area contributed by atoms with Gasteiger partial charge in [-0.15, -0.1) is 0 Å². The van der Waals surface area contributed by atoms with Crippen LogP contribution in [0, 0.1) is 0 Å². The second kappa shape index (κ2) is 6.00. The van der Waals surface area contributed by atoms with Crippen molar-refractivity contribution < 1.29 is 4.79 Å². The van der Waals surface area contributed by atoms with Gasteiger partial charge in [0.1, 0.15) is 5.15 Å². The maximum Gasteiger partial charge on any atom is 0.253 e. The van der Waals surface area contributed by atoms with Gasteiger partial charge in [0.05, 0.1) is 5.56 Å². The van der Waals surface area contributed by atoms with Crippen molar-refractivity contribution in [2.24, 2.45) is 0 Å². The Morgan fingerprint density at radius 3 is 2.90 bits per heavy atom. The molecule has 1 N–H and O–H groups in total. The molecule has 1 aliphatic heterocycles. The van der Waals surface area contributed by atoms with Crippen molar-refractivity contribution in [1.29, 1.82) is 0 Å². The first kappa shape index (κ1) is 14.3. The van der Waals surface area contributed by atoms with Crippen molar-refractivity contribution in [1.82, 2.24) is 15.2 Å². The van der Waals surface area contributed by atoms with Crippen molar-refractivity contribution in [3.63, 3.8) is 0 Å². The van der Waals surface area contributed by atoms with Gasteiger partial charge >= 0.3 is 0 Å². The van der Waals surface area contributed by atoms with Crippen LogP contribution in [0.3, 0.4) is 0 Å². The average molecular weight is 304 g/mol. The number of hydrogen-bond acceptors (Lipinski definition) is 3. The number of likely N-dealkylation sites (tertiary alicyclic amines) is 1. The first-order valence-electron chi connectivity index (χ1n) is 7.18. The maximum absolute atomic E-state index is 12.4. The smallest absolute Gasteiger partial charge is 0.253 e. The number of carbonyl (C=O) groups excluding carboxylic acids is 1. The highest BCUT2D eigenvalue weighted by molar-refractivity contribution is 6.34. The third-order valence-corrected chi connectivity index (χ3v) is 4.46. The Bertz CT molecular complexity index is 674. The Morgan fingerprint density at radius 2 is 2.19 bits per heavy atom. The van der Waals surface area contributed by atoms with E-state index < -0.39 is 0 Å². The fourth-order valence-electron chi connectivity index (χ4n) is 2.88. The molecular formula is C16H18ClN3O. The normalized spacial score (nSPS) is 19.0. The summed E-state index contributed by atoms with van der Waals surface area (Å²) in [7, 11) is 2.10. The van der Waals surface area contributed by atoms with Gasteiger partial charge in [-0.3, -0.25) is 4.79 Å². The summed E-state index contributed by atoms with van der Waals surface area (Å²) >= 11 is 6.08. The molecule has 2 heterocycles. The van der Waals surface area contributed by atoms with Gasteiger partial charge < -0.3 is 10.2 Å². The SMILES string of the molecule is CN1CCCC1CNC(=O)c1cnc(Cl)c2ccccc12. The molecule has 1 aliphatic rings. The zero-order valence-corrected chi connectivity index (χ0v) is 12.7. The summed E-state index contributed by atoms with van der Waals surface area (Å²) in [5.74, 6) is -0.0873.